The van der Waals surface area contributed by atoms with Crippen LogP contribution in [0.4, 0.5) is 0 Å². The molecule has 1 atom stereocenters. The van der Waals surface area contributed by atoms with Gasteiger partial charge in [-0.25, -0.2) is 0 Å². The van der Waals surface area contributed by atoms with Gasteiger partial charge in [0.05, 0.1) is 11.9 Å². The average Bonchev–Trinajstić information content (AvgIpc) is 2.23. The molecule has 3 heteroatoms. The third kappa shape index (κ3) is 2.85. The molecular weight excluding hydrogens is 208 g/mol. The zero-order valence-corrected chi connectivity index (χ0v) is 9.59. The maximum absolute atomic E-state index is 6.15. The zero-order valence-electron chi connectivity index (χ0n) is 8.83. The lowest BCUT2D eigenvalue weighted by Gasteiger charge is -2.18. The highest BCUT2D eigenvalue weighted by atomic mass is 35.5. The molecule has 0 unspecified atom stereocenters. The first-order valence-electron chi connectivity index (χ1n) is 4.91. The van der Waals surface area contributed by atoms with Gasteiger partial charge >= 0.3 is 0 Å². The third-order valence-electron chi connectivity index (χ3n) is 2.12. The Morgan fingerprint density at radius 1 is 1.73 bits per heavy atom. The molecule has 0 aromatic rings. The van der Waals surface area contributed by atoms with E-state index in [9.17, 15) is 0 Å². The van der Waals surface area contributed by atoms with E-state index in [1.165, 1.54) is 0 Å². The fourth-order valence-corrected chi connectivity index (χ4v) is 1.62. The van der Waals surface area contributed by atoms with Crippen LogP contribution in [0.1, 0.15) is 13.3 Å². The molecule has 1 rings (SSSR count). The Morgan fingerprint density at radius 3 is 3.07 bits per heavy atom. The molecule has 0 radical (unpaired) electrons. The highest BCUT2D eigenvalue weighted by molar-refractivity contribution is 6.24. The number of hydrogen-bond donors (Lipinski definition) is 1. The van der Waals surface area contributed by atoms with Gasteiger partial charge in [-0.3, -0.25) is 4.99 Å². The molecule has 0 saturated heterocycles. The summed E-state index contributed by atoms with van der Waals surface area (Å²) in [6, 6.07) is 0. The van der Waals surface area contributed by atoms with Gasteiger partial charge in [0, 0.05) is 5.57 Å². The molecule has 0 aromatic carbocycles. The van der Waals surface area contributed by atoms with E-state index in [1.54, 1.807) is 6.08 Å². The minimum atomic E-state index is -0.136. The van der Waals surface area contributed by atoms with Crippen LogP contribution in [-0.4, -0.2) is 17.8 Å². The van der Waals surface area contributed by atoms with E-state index < -0.39 is 0 Å². The molecular formula is C12H15ClN2. The molecule has 1 heterocycles. The van der Waals surface area contributed by atoms with E-state index in [4.69, 9.17) is 17.3 Å². The standard InChI is InChI=1S/C12H15ClN2/c1-3-5-7-10-9(6-4-2)11(13)8-15-12(10)14/h5-7,11H,2-3,8H2,1H3,(H2,14,15)/b7-5-/t11-/m1/s1. The number of nitrogens with zero attached hydrogens (tertiary/aromatic N) is 1. The first-order chi connectivity index (χ1) is 7.20. The maximum atomic E-state index is 6.15. The minimum Gasteiger partial charge on any atom is -0.383 e. The molecule has 0 amide bonds. The van der Waals surface area contributed by atoms with Crippen LogP contribution in [0.3, 0.4) is 0 Å². The molecule has 0 saturated carbocycles. The molecule has 2 nitrogen and oxygen atoms in total. The van der Waals surface area contributed by atoms with Crippen molar-refractivity contribution in [3.63, 3.8) is 0 Å². The van der Waals surface area contributed by atoms with Crippen molar-refractivity contribution in [3.05, 3.63) is 41.7 Å². The lowest BCUT2D eigenvalue weighted by molar-refractivity contribution is 0.951. The molecule has 2 N–H and O–H groups in total. The Hall–Kier alpha value is -1.24. The highest BCUT2D eigenvalue weighted by Gasteiger charge is 2.19. The number of alkyl halides is 1. The Balaban J connectivity index is 3.17. The summed E-state index contributed by atoms with van der Waals surface area (Å²) in [5.41, 5.74) is 10.4. The molecule has 0 fully saturated rings. The quantitative estimate of drug-likeness (QED) is 0.579. The number of nitrogens with two attached hydrogens (primary N) is 1. The van der Waals surface area contributed by atoms with E-state index in [1.807, 2.05) is 12.2 Å². The smallest absolute Gasteiger partial charge is 0.126 e. The van der Waals surface area contributed by atoms with Gasteiger partial charge in [-0.05, 0) is 18.1 Å². The Bertz CT molecular complexity index is 371. The third-order valence-corrected chi connectivity index (χ3v) is 2.50. The summed E-state index contributed by atoms with van der Waals surface area (Å²) in [6.45, 7) is 6.13. The second-order valence-electron chi connectivity index (χ2n) is 3.22. The fourth-order valence-electron chi connectivity index (χ4n) is 1.37. The van der Waals surface area contributed by atoms with Crippen LogP contribution in [0.5, 0.6) is 0 Å². The predicted octanol–water partition coefficient (Wildman–Crippen LogP) is 2.57. The fraction of sp³-hybridized carbons (Fsp3) is 0.333. The lowest BCUT2D eigenvalue weighted by Crippen LogP contribution is -2.25. The van der Waals surface area contributed by atoms with Crippen LogP contribution in [0, 0.1) is 0 Å². The molecule has 0 bridgehead atoms. The van der Waals surface area contributed by atoms with Crippen LogP contribution in [0.2, 0.25) is 0 Å². The molecule has 1 aliphatic rings. The van der Waals surface area contributed by atoms with Crippen molar-refractivity contribution in [1.29, 1.82) is 0 Å². The summed E-state index contributed by atoms with van der Waals surface area (Å²) < 4.78 is 0. The first kappa shape index (κ1) is 11.8. The van der Waals surface area contributed by atoms with Gasteiger partial charge in [0.1, 0.15) is 5.84 Å². The van der Waals surface area contributed by atoms with Crippen LogP contribution in [0.15, 0.2) is 46.7 Å². The van der Waals surface area contributed by atoms with E-state index in [0.717, 1.165) is 17.6 Å². The number of rotatable bonds is 3. The topological polar surface area (TPSA) is 38.4 Å². The molecule has 15 heavy (non-hydrogen) atoms. The summed E-state index contributed by atoms with van der Waals surface area (Å²) in [7, 11) is 0. The van der Waals surface area contributed by atoms with Crippen molar-refractivity contribution < 1.29 is 0 Å². The number of hydrogen-bond acceptors (Lipinski definition) is 2. The van der Waals surface area contributed by atoms with Gasteiger partial charge < -0.3 is 5.73 Å². The average molecular weight is 223 g/mol. The SMILES string of the molecule is C=C=CC1=C(/C=C\CC)C(N)=NC[C@H]1Cl. The second kappa shape index (κ2) is 5.59. The molecule has 0 spiro atoms. The normalized spacial score (nSPS) is 21.5. The summed E-state index contributed by atoms with van der Waals surface area (Å²) in [5, 5.41) is -0.136. The summed E-state index contributed by atoms with van der Waals surface area (Å²) >= 11 is 6.15. The Kier molecular flexibility index (Phi) is 4.41. The van der Waals surface area contributed by atoms with Gasteiger partial charge in [0.25, 0.3) is 0 Å². The summed E-state index contributed by atoms with van der Waals surface area (Å²) in [4.78, 5) is 4.16. The van der Waals surface area contributed by atoms with Crippen molar-refractivity contribution >= 4 is 17.4 Å². The van der Waals surface area contributed by atoms with Crippen molar-refractivity contribution in [3.8, 4) is 0 Å². The Morgan fingerprint density at radius 2 is 2.47 bits per heavy atom. The van der Waals surface area contributed by atoms with Crippen LogP contribution in [-0.2, 0) is 0 Å². The minimum absolute atomic E-state index is 0.136. The molecule has 0 aliphatic carbocycles. The second-order valence-corrected chi connectivity index (χ2v) is 3.75. The van der Waals surface area contributed by atoms with Crippen molar-refractivity contribution in [1.82, 2.24) is 0 Å². The van der Waals surface area contributed by atoms with Crippen LogP contribution < -0.4 is 5.73 Å². The lowest BCUT2D eigenvalue weighted by atomic mass is 10.00. The van der Waals surface area contributed by atoms with Crippen molar-refractivity contribution in [2.24, 2.45) is 10.7 Å². The number of halogens is 1. The largest absolute Gasteiger partial charge is 0.383 e. The zero-order chi connectivity index (χ0) is 11.3. The van der Waals surface area contributed by atoms with E-state index in [0.29, 0.717) is 12.4 Å². The monoisotopic (exact) mass is 222 g/mol. The van der Waals surface area contributed by atoms with Crippen molar-refractivity contribution in [2.45, 2.75) is 18.7 Å². The summed E-state index contributed by atoms with van der Waals surface area (Å²) in [6.07, 6.45) is 6.71. The molecule has 0 aromatic heterocycles. The number of aliphatic imine (C=N–C) groups is 1. The molecule has 1 aliphatic heterocycles. The van der Waals surface area contributed by atoms with Gasteiger partial charge in [-0.15, -0.1) is 17.3 Å². The van der Waals surface area contributed by atoms with Crippen LogP contribution >= 0.6 is 11.6 Å². The summed E-state index contributed by atoms with van der Waals surface area (Å²) in [5.74, 6) is 0.540. The van der Waals surface area contributed by atoms with Gasteiger partial charge in [-0.2, -0.15) is 0 Å². The number of amidine groups is 1. The predicted molar refractivity (Wildman–Crippen MR) is 66.3 cm³/mol. The van der Waals surface area contributed by atoms with Crippen LogP contribution in [0.25, 0.3) is 0 Å². The van der Waals surface area contributed by atoms with Gasteiger partial charge in [0.15, 0.2) is 0 Å². The number of allylic oxidation sites excluding steroid dienone is 2. The van der Waals surface area contributed by atoms with Crippen molar-refractivity contribution in [2.75, 3.05) is 6.54 Å². The Labute approximate surface area is 95.5 Å². The first-order valence-corrected chi connectivity index (χ1v) is 5.35. The number of dihydropyridines is 1. The van der Waals surface area contributed by atoms with E-state index >= 15 is 0 Å². The van der Waals surface area contributed by atoms with E-state index in [-0.39, 0.29) is 5.38 Å². The maximum Gasteiger partial charge on any atom is 0.126 e. The highest BCUT2D eigenvalue weighted by Crippen LogP contribution is 2.22. The van der Waals surface area contributed by atoms with Gasteiger partial charge in [-0.1, -0.05) is 25.7 Å². The van der Waals surface area contributed by atoms with E-state index in [2.05, 4.69) is 24.2 Å². The molecule has 80 valence electrons. The van der Waals surface area contributed by atoms with Gasteiger partial charge in [0.2, 0.25) is 0 Å².